The number of aliphatic hydroxyl groups excluding tert-OH is 1. The quantitative estimate of drug-likeness (QED) is 0.846. The SMILES string of the molecule is Cc1cc(C)cc(OCC(O)CNC2CC3CCC2C3)c1. The van der Waals surface area contributed by atoms with Crippen LogP contribution in [0, 0.1) is 25.7 Å². The first kappa shape index (κ1) is 14.9. The van der Waals surface area contributed by atoms with Crippen molar-refractivity contribution in [1.29, 1.82) is 0 Å². The first-order chi connectivity index (χ1) is 10.1. The van der Waals surface area contributed by atoms with Crippen molar-refractivity contribution in [2.45, 2.75) is 51.7 Å². The molecule has 3 heteroatoms. The molecule has 2 bridgehead atoms. The molecular weight excluding hydrogens is 262 g/mol. The van der Waals surface area contributed by atoms with Crippen LogP contribution in [0.4, 0.5) is 0 Å². The number of aliphatic hydroxyl groups is 1. The van der Waals surface area contributed by atoms with Crippen molar-refractivity contribution >= 4 is 0 Å². The molecule has 4 atom stereocenters. The van der Waals surface area contributed by atoms with Gasteiger partial charge in [0.15, 0.2) is 0 Å². The summed E-state index contributed by atoms with van der Waals surface area (Å²) in [4.78, 5) is 0. The summed E-state index contributed by atoms with van der Waals surface area (Å²) >= 11 is 0. The summed E-state index contributed by atoms with van der Waals surface area (Å²) in [6.07, 6.45) is 5.05. The van der Waals surface area contributed by atoms with E-state index in [1.807, 2.05) is 12.1 Å². The van der Waals surface area contributed by atoms with Crippen LogP contribution in [0.5, 0.6) is 5.75 Å². The lowest BCUT2D eigenvalue weighted by molar-refractivity contribution is 0.101. The predicted octanol–water partition coefficient (Wildman–Crippen LogP) is 2.82. The van der Waals surface area contributed by atoms with Gasteiger partial charge in [0.25, 0.3) is 0 Å². The number of nitrogens with one attached hydrogen (secondary N) is 1. The average molecular weight is 289 g/mol. The largest absolute Gasteiger partial charge is 0.491 e. The Kier molecular flexibility index (Phi) is 4.51. The molecule has 1 aromatic carbocycles. The van der Waals surface area contributed by atoms with Gasteiger partial charge in [-0.15, -0.1) is 0 Å². The number of hydrogen-bond donors (Lipinski definition) is 2. The molecule has 1 aromatic rings. The zero-order valence-corrected chi connectivity index (χ0v) is 13.1. The van der Waals surface area contributed by atoms with Gasteiger partial charge < -0.3 is 15.2 Å². The molecule has 2 saturated carbocycles. The van der Waals surface area contributed by atoms with Crippen molar-refractivity contribution in [3.63, 3.8) is 0 Å². The molecule has 0 heterocycles. The molecular formula is C18H27NO2. The summed E-state index contributed by atoms with van der Waals surface area (Å²) in [5.74, 6) is 2.64. The number of aryl methyl sites for hydroxylation is 2. The Balaban J connectivity index is 1.41. The number of fused-ring (bicyclic) bond motifs is 2. The Bertz CT molecular complexity index is 468. The maximum Gasteiger partial charge on any atom is 0.119 e. The molecule has 4 unspecified atom stereocenters. The number of benzene rings is 1. The van der Waals surface area contributed by atoms with Gasteiger partial charge in [-0.1, -0.05) is 12.5 Å². The van der Waals surface area contributed by atoms with Crippen molar-refractivity contribution in [2.75, 3.05) is 13.2 Å². The molecule has 0 spiro atoms. The van der Waals surface area contributed by atoms with E-state index in [2.05, 4.69) is 25.2 Å². The molecule has 2 N–H and O–H groups in total. The highest BCUT2D eigenvalue weighted by atomic mass is 16.5. The van der Waals surface area contributed by atoms with E-state index < -0.39 is 6.10 Å². The molecule has 21 heavy (non-hydrogen) atoms. The van der Waals surface area contributed by atoms with E-state index in [0.29, 0.717) is 19.2 Å². The third-order valence-electron chi connectivity index (χ3n) is 4.99. The molecule has 3 nitrogen and oxygen atoms in total. The Morgan fingerprint density at radius 3 is 2.57 bits per heavy atom. The molecule has 3 rings (SSSR count). The molecule has 2 aliphatic rings. The van der Waals surface area contributed by atoms with Gasteiger partial charge in [-0.05, 0) is 68.2 Å². The number of ether oxygens (including phenoxy) is 1. The smallest absolute Gasteiger partial charge is 0.119 e. The highest BCUT2D eigenvalue weighted by molar-refractivity contribution is 5.32. The van der Waals surface area contributed by atoms with Crippen molar-refractivity contribution in [1.82, 2.24) is 5.32 Å². The Hall–Kier alpha value is -1.06. The summed E-state index contributed by atoms with van der Waals surface area (Å²) < 4.78 is 5.72. The normalized spacial score (nSPS) is 28.8. The van der Waals surface area contributed by atoms with Crippen LogP contribution in [-0.4, -0.2) is 30.4 Å². The van der Waals surface area contributed by atoms with Crippen molar-refractivity contribution in [3.8, 4) is 5.75 Å². The average Bonchev–Trinajstić information content (AvgIpc) is 3.04. The van der Waals surface area contributed by atoms with Crippen LogP contribution < -0.4 is 10.1 Å². The number of rotatable bonds is 6. The van der Waals surface area contributed by atoms with Crippen molar-refractivity contribution < 1.29 is 9.84 Å². The fourth-order valence-corrected chi connectivity index (χ4v) is 4.05. The highest BCUT2D eigenvalue weighted by Crippen LogP contribution is 2.44. The summed E-state index contributed by atoms with van der Waals surface area (Å²) in [6.45, 7) is 5.12. The lowest BCUT2D eigenvalue weighted by Crippen LogP contribution is -2.40. The highest BCUT2D eigenvalue weighted by Gasteiger charge is 2.39. The standard InChI is InChI=1S/C18H27NO2/c1-12-5-13(2)7-17(6-12)21-11-16(20)10-19-18-9-14-3-4-15(18)8-14/h5-7,14-16,18-20H,3-4,8-11H2,1-2H3. The Morgan fingerprint density at radius 2 is 1.95 bits per heavy atom. The fourth-order valence-electron chi connectivity index (χ4n) is 4.05. The van der Waals surface area contributed by atoms with Gasteiger partial charge in [0.1, 0.15) is 18.5 Å². The fraction of sp³-hybridized carbons (Fsp3) is 0.667. The zero-order valence-electron chi connectivity index (χ0n) is 13.1. The minimum atomic E-state index is -0.440. The second-order valence-corrected chi connectivity index (χ2v) is 6.98. The van der Waals surface area contributed by atoms with E-state index >= 15 is 0 Å². The van der Waals surface area contributed by atoms with Crippen LogP contribution >= 0.6 is 0 Å². The Morgan fingerprint density at radius 1 is 1.19 bits per heavy atom. The molecule has 0 amide bonds. The van der Waals surface area contributed by atoms with E-state index in [9.17, 15) is 5.11 Å². The lowest BCUT2D eigenvalue weighted by Gasteiger charge is -2.24. The van der Waals surface area contributed by atoms with E-state index in [1.54, 1.807) is 0 Å². The van der Waals surface area contributed by atoms with Crippen LogP contribution in [0.3, 0.4) is 0 Å². The molecule has 0 saturated heterocycles. The lowest BCUT2D eigenvalue weighted by atomic mass is 9.95. The van der Waals surface area contributed by atoms with Crippen molar-refractivity contribution in [2.24, 2.45) is 11.8 Å². The third kappa shape index (κ3) is 3.78. The van der Waals surface area contributed by atoms with Crippen LogP contribution in [0.15, 0.2) is 18.2 Å². The molecule has 2 fully saturated rings. The summed E-state index contributed by atoms with van der Waals surface area (Å²) in [7, 11) is 0. The van der Waals surface area contributed by atoms with Crippen LogP contribution in [-0.2, 0) is 0 Å². The van der Waals surface area contributed by atoms with Gasteiger partial charge >= 0.3 is 0 Å². The summed E-state index contributed by atoms with van der Waals surface area (Å²) in [6, 6.07) is 6.78. The van der Waals surface area contributed by atoms with Gasteiger partial charge in [-0.25, -0.2) is 0 Å². The maximum absolute atomic E-state index is 10.1. The third-order valence-corrected chi connectivity index (χ3v) is 4.99. The first-order valence-corrected chi connectivity index (χ1v) is 8.22. The van der Waals surface area contributed by atoms with E-state index in [1.165, 1.54) is 36.8 Å². The van der Waals surface area contributed by atoms with Gasteiger partial charge in [-0.3, -0.25) is 0 Å². The van der Waals surface area contributed by atoms with Crippen molar-refractivity contribution in [3.05, 3.63) is 29.3 Å². The monoisotopic (exact) mass is 289 g/mol. The zero-order chi connectivity index (χ0) is 14.8. The number of hydrogen-bond acceptors (Lipinski definition) is 3. The predicted molar refractivity (Wildman–Crippen MR) is 84.7 cm³/mol. The van der Waals surface area contributed by atoms with Gasteiger partial charge in [-0.2, -0.15) is 0 Å². The molecule has 0 aliphatic heterocycles. The molecule has 0 radical (unpaired) electrons. The molecule has 116 valence electrons. The minimum Gasteiger partial charge on any atom is -0.491 e. The topological polar surface area (TPSA) is 41.5 Å². The second-order valence-electron chi connectivity index (χ2n) is 6.98. The van der Waals surface area contributed by atoms with Crippen LogP contribution in [0.25, 0.3) is 0 Å². The van der Waals surface area contributed by atoms with Crippen LogP contribution in [0.1, 0.15) is 36.8 Å². The molecule has 2 aliphatic carbocycles. The summed E-state index contributed by atoms with van der Waals surface area (Å²) in [5, 5.41) is 13.6. The summed E-state index contributed by atoms with van der Waals surface area (Å²) in [5.41, 5.74) is 2.39. The first-order valence-electron chi connectivity index (χ1n) is 8.22. The van der Waals surface area contributed by atoms with E-state index in [0.717, 1.165) is 17.6 Å². The minimum absolute atomic E-state index is 0.358. The van der Waals surface area contributed by atoms with Gasteiger partial charge in [0.2, 0.25) is 0 Å². The van der Waals surface area contributed by atoms with Gasteiger partial charge in [0.05, 0.1) is 0 Å². The maximum atomic E-state index is 10.1. The van der Waals surface area contributed by atoms with Crippen LogP contribution in [0.2, 0.25) is 0 Å². The van der Waals surface area contributed by atoms with E-state index in [-0.39, 0.29) is 0 Å². The van der Waals surface area contributed by atoms with Gasteiger partial charge in [0, 0.05) is 12.6 Å². The Labute approximate surface area is 127 Å². The van der Waals surface area contributed by atoms with E-state index in [4.69, 9.17) is 4.74 Å². The second kappa shape index (κ2) is 6.37. The molecule has 0 aromatic heterocycles.